The smallest absolute Gasteiger partial charge is 0.241 e. The molecule has 4 rings (SSSR count). The number of nitrogens with zero attached hydrogens (tertiary/aromatic N) is 1. The lowest BCUT2D eigenvalue weighted by molar-refractivity contribution is -0.128. The molecule has 0 aliphatic carbocycles. The van der Waals surface area contributed by atoms with Gasteiger partial charge < -0.3 is 14.6 Å². The molecular formula is C18H19NO5. The fourth-order valence-electron chi connectivity index (χ4n) is 3.85. The van der Waals surface area contributed by atoms with Gasteiger partial charge in [0.1, 0.15) is 11.4 Å². The minimum absolute atomic E-state index is 0.267. The van der Waals surface area contributed by atoms with Crippen molar-refractivity contribution in [2.75, 3.05) is 18.1 Å². The zero-order valence-electron chi connectivity index (χ0n) is 13.3. The highest BCUT2D eigenvalue weighted by atomic mass is 16.5. The summed E-state index contributed by atoms with van der Waals surface area (Å²) in [6.07, 6.45) is 3.96. The number of aliphatic hydroxyl groups is 1. The summed E-state index contributed by atoms with van der Waals surface area (Å²) >= 11 is 0. The van der Waals surface area contributed by atoms with Crippen molar-refractivity contribution < 1.29 is 24.2 Å². The second kappa shape index (κ2) is 5.43. The number of imide groups is 1. The standard InChI is InChI=1S/C18H19NO5/c1-2-9-23-12-5-3-11(4-6-12)19-16(21)14-13-7-8-18(10-20,24-13)15(14)17(19)22/h3-8,13-15,20H,2,9-10H2,1H3/t13-,14-,15+,18-/m1/s1. The van der Waals surface area contributed by atoms with E-state index in [4.69, 9.17) is 9.47 Å². The number of benzene rings is 1. The maximum Gasteiger partial charge on any atom is 0.241 e. The SMILES string of the molecule is CCCOc1ccc(N2C(=O)[C@H]3[C@@H](C2=O)[C@]2(CO)C=C[C@H]3O2)cc1. The van der Waals surface area contributed by atoms with Crippen LogP contribution in [0.5, 0.6) is 5.75 Å². The van der Waals surface area contributed by atoms with Crippen molar-refractivity contribution in [2.45, 2.75) is 25.0 Å². The maximum atomic E-state index is 12.9. The van der Waals surface area contributed by atoms with Crippen molar-refractivity contribution in [1.82, 2.24) is 0 Å². The summed E-state index contributed by atoms with van der Waals surface area (Å²) in [5.41, 5.74) is -0.531. The van der Waals surface area contributed by atoms with Gasteiger partial charge in [0.05, 0.1) is 36.8 Å². The van der Waals surface area contributed by atoms with Crippen LogP contribution in [0.25, 0.3) is 0 Å². The molecule has 2 bridgehead atoms. The number of carbonyl (C=O) groups is 2. The molecule has 6 nitrogen and oxygen atoms in total. The predicted octanol–water partition coefficient (Wildman–Crippen LogP) is 1.28. The van der Waals surface area contributed by atoms with E-state index in [-0.39, 0.29) is 18.4 Å². The van der Waals surface area contributed by atoms with Gasteiger partial charge in [-0.1, -0.05) is 19.1 Å². The molecule has 2 amide bonds. The summed E-state index contributed by atoms with van der Waals surface area (Å²) in [6, 6.07) is 6.93. The lowest BCUT2D eigenvalue weighted by Crippen LogP contribution is -2.43. The van der Waals surface area contributed by atoms with Crippen LogP contribution in [0, 0.1) is 11.8 Å². The summed E-state index contributed by atoms with van der Waals surface area (Å²) < 4.78 is 11.2. The summed E-state index contributed by atoms with van der Waals surface area (Å²) in [5, 5.41) is 9.70. The summed E-state index contributed by atoms with van der Waals surface area (Å²) in [6.45, 7) is 2.34. The first-order chi connectivity index (χ1) is 11.6. The van der Waals surface area contributed by atoms with Gasteiger partial charge in [0.15, 0.2) is 0 Å². The number of hydrogen-bond donors (Lipinski definition) is 1. The van der Waals surface area contributed by atoms with E-state index in [9.17, 15) is 14.7 Å². The fraction of sp³-hybridized carbons (Fsp3) is 0.444. The van der Waals surface area contributed by atoms with E-state index in [1.54, 1.807) is 36.4 Å². The highest BCUT2D eigenvalue weighted by Crippen LogP contribution is 2.52. The molecule has 0 saturated carbocycles. The molecule has 4 atom stereocenters. The van der Waals surface area contributed by atoms with Crippen molar-refractivity contribution in [3.8, 4) is 5.75 Å². The first kappa shape index (κ1) is 15.4. The Balaban J connectivity index is 1.62. The van der Waals surface area contributed by atoms with Crippen LogP contribution in [-0.4, -0.2) is 41.8 Å². The number of ether oxygens (including phenoxy) is 2. The molecule has 0 unspecified atom stereocenters. The van der Waals surface area contributed by atoms with Crippen LogP contribution in [0.3, 0.4) is 0 Å². The van der Waals surface area contributed by atoms with Crippen LogP contribution in [0.2, 0.25) is 0 Å². The van der Waals surface area contributed by atoms with Gasteiger partial charge in [0, 0.05) is 0 Å². The van der Waals surface area contributed by atoms with E-state index in [1.165, 1.54) is 4.90 Å². The van der Waals surface area contributed by atoms with Crippen LogP contribution in [0.4, 0.5) is 5.69 Å². The number of fused-ring (bicyclic) bond motifs is 5. The second-order valence-electron chi connectivity index (χ2n) is 6.41. The average Bonchev–Trinajstić information content (AvgIpc) is 3.25. The molecule has 126 valence electrons. The third-order valence-electron chi connectivity index (χ3n) is 4.97. The minimum atomic E-state index is -1.05. The predicted molar refractivity (Wildman–Crippen MR) is 85.5 cm³/mol. The van der Waals surface area contributed by atoms with Crippen molar-refractivity contribution >= 4 is 17.5 Å². The number of anilines is 1. The number of aliphatic hydroxyl groups excluding tert-OH is 1. The van der Waals surface area contributed by atoms with Crippen molar-refractivity contribution in [3.63, 3.8) is 0 Å². The van der Waals surface area contributed by atoms with Gasteiger partial charge >= 0.3 is 0 Å². The van der Waals surface area contributed by atoms with E-state index >= 15 is 0 Å². The molecule has 3 aliphatic heterocycles. The quantitative estimate of drug-likeness (QED) is 0.650. The van der Waals surface area contributed by atoms with Crippen molar-refractivity contribution in [2.24, 2.45) is 11.8 Å². The van der Waals surface area contributed by atoms with Gasteiger partial charge in [-0.05, 0) is 30.7 Å². The van der Waals surface area contributed by atoms with E-state index in [0.29, 0.717) is 18.0 Å². The lowest BCUT2D eigenvalue weighted by atomic mass is 9.77. The first-order valence-electron chi connectivity index (χ1n) is 8.20. The van der Waals surface area contributed by atoms with E-state index < -0.39 is 23.5 Å². The van der Waals surface area contributed by atoms with Crippen molar-refractivity contribution in [3.05, 3.63) is 36.4 Å². The number of rotatable bonds is 5. The molecule has 0 aromatic heterocycles. The zero-order valence-corrected chi connectivity index (χ0v) is 13.3. The molecule has 1 aromatic carbocycles. The fourth-order valence-corrected chi connectivity index (χ4v) is 3.85. The van der Waals surface area contributed by atoms with Crippen LogP contribution in [-0.2, 0) is 14.3 Å². The Bertz CT molecular complexity index is 713. The van der Waals surface area contributed by atoms with Crippen LogP contribution < -0.4 is 9.64 Å². The third-order valence-corrected chi connectivity index (χ3v) is 4.97. The van der Waals surface area contributed by atoms with Crippen LogP contribution in [0.15, 0.2) is 36.4 Å². The summed E-state index contributed by atoms with van der Waals surface area (Å²) in [4.78, 5) is 26.9. The normalized spacial score (nSPS) is 33.4. The minimum Gasteiger partial charge on any atom is -0.494 e. The van der Waals surface area contributed by atoms with Gasteiger partial charge in [-0.15, -0.1) is 0 Å². The topological polar surface area (TPSA) is 76.1 Å². The van der Waals surface area contributed by atoms with Crippen molar-refractivity contribution in [1.29, 1.82) is 0 Å². The Morgan fingerprint density at radius 2 is 2.00 bits per heavy atom. The summed E-state index contributed by atoms with van der Waals surface area (Å²) in [7, 11) is 0. The Labute approximate surface area is 139 Å². The van der Waals surface area contributed by atoms with Crippen LogP contribution >= 0.6 is 0 Å². The Morgan fingerprint density at radius 3 is 2.67 bits per heavy atom. The molecule has 6 heteroatoms. The van der Waals surface area contributed by atoms with Gasteiger partial charge in [0.25, 0.3) is 0 Å². The highest BCUT2D eigenvalue weighted by molar-refractivity contribution is 6.23. The molecule has 1 N–H and O–H groups in total. The Morgan fingerprint density at radius 1 is 1.25 bits per heavy atom. The molecule has 3 aliphatic rings. The molecule has 2 fully saturated rings. The molecule has 0 spiro atoms. The van der Waals surface area contributed by atoms with Crippen LogP contribution in [0.1, 0.15) is 13.3 Å². The van der Waals surface area contributed by atoms with E-state index in [0.717, 1.165) is 6.42 Å². The highest BCUT2D eigenvalue weighted by Gasteiger charge is 2.67. The van der Waals surface area contributed by atoms with E-state index in [2.05, 4.69) is 0 Å². The third kappa shape index (κ3) is 1.96. The monoisotopic (exact) mass is 329 g/mol. The second-order valence-corrected chi connectivity index (χ2v) is 6.41. The van der Waals surface area contributed by atoms with Gasteiger partial charge in [0.2, 0.25) is 11.8 Å². The molecule has 0 radical (unpaired) electrons. The lowest BCUT2D eigenvalue weighted by Gasteiger charge is -2.26. The number of amides is 2. The van der Waals surface area contributed by atoms with Gasteiger partial charge in [-0.3, -0.25) is 9.59 Å². The van der Waals surface area contributed by atoms with Gasteiger partial charge in [-0.2, -0.15) is 0 Å². The largest absolute Gasteiger partial charge is 0.494 e. The Kier molecular flexibility index (Phi) is 3.47. The maximum absolute atomic E-state index is 12.9. The molecule has 2 saturated heterocycles. The zero-order chi connectivity index (χ0) is 16.9. The molecular weight excluding hydrogens is 310 g/mol. The average molecular weight is 329 g/mol. The molecule has 24 heavy (non-hydrogen) atoms. The number of hydrogen-bond acceptors (Lipinski definition) is 5. The molecule has 1 aromatic rings. The molecule has 3 heterocycles. The first-order valence-corrected chi connectivity index (χ1v) is 8.20. The summed E-state index contributed by atoms with van der Waals surface area (Å²) in [5.74, 6) is -1.08. The van der Waals surface area contributed by atoms with E-state index in [1.807, 2.05) is 6.92 Å². The Hall–Kier alpha value is -2.18. The van der Waals surface area contributed by atoms with Gasteiger partial charge in [-0.25, -0.2) is 4.90 Å². The number of carbonyl (C=O) groups excluding carboxylic acids is 2.